The number of ether oxygens (including phenoxy) is 1. The zero-order valence-electron chi connectivity index (χ0n) is 14.8. The van der Waals surface area contributed by atoms with Crippen molar-refractivity contribution < 1.29 is 19.1 Å². The molecule has 1 heterocycles. The van der Waals surface area contributed by atoms with Gasteiger partial charge in [-0.1, -0.05) is 22.0 Å². The Morgan fingerprint density at radius 2 is 2.00 bits per heavy atom. The van der Waals surface area contributed by atoms with E-state index in [9.17, 15) is 14.4 Å². The van der Waals surface area contributed by atoms with E-state index in [0.29, 0.717) is 22.7 Å². The molecule has 3 amide bonds. The maximum Gasteiger partial charge on any atom is 0.265 e. The Morgan fingerprint density at radius 1 is 1.22 bits per heavy atom. The van der Waals surface area contributed by atoms with Crippen molar-refractivity contribution in [3.63, 3.8) is 0 Å². The molecule has 1 aliphatic rings. The molecule has 27 heavy (non-hydrogen) atoms. The number of anilines is 2. The molecule has 0 saturated carbocycles. The summed E-state index contributed by atoms with van der Waals surface area (Å²) in [6.07, 6.45) is 0. The summed E-state index contributed by atoms with van der Waals surface area (Å²) in [5.74, 6) is -0.366. The van der Waals surface area contributed by atoms with E-state index in [2.05, 4.69) is 26.6 Å². The number of fused-ring (bicyclic) bond motifs is 1. The third-order valence-electron chi connectivity index (χ3n) is 4.17. The first kappa shape index (κ1) is 18.9. The Labute approximate surface area is 164 Å². The molecular formula is C19H18BrN3O4. The fourth-order valence-electron chi connectivity index (χ4n) is 2.73. The van der Waals surface area contributed by atoms with Crippen molar-refractivity contribution in [1.82, 2.24) is 5.32 Å². The fourth-order valence-corrected chi connectivity index (χ4v) is 3.07. The lowest BCUT2D eigenvalue weighted by Gasteiger charge is -2.29. The van der Waals surface area contributed by atoms with Gasteiger partial charge in [0.2, 0.25) is 5.91 Å². The number of amides is 3. The van der Waals surface area contributed by atoms with Crippen molar-refractivity contribution in [3.05, 3.63) is 52.0 Å². The van der Waals surface area contributed by atoms with Gasteiger partial charge in [-0.2, -0.15) is 0 Å². The summed E-state index contributed by atoms with van der Waals surface area (Å²) in [6.45, 7) is 1.55. The van der Waals surface area contributed by atoms with Gasteiger partial charge >= 0.3 is 0 Å². The third kappa shape index (κ3) is 4.11. The Kier molecular flexibility index (Phi) is 5.46. The van der Waals surface area contributed by atoms with Crippen LogP contribution in [0, 0.1) is 6.92 Å². The van der Waals surface area contributed by atoms with Crippen molar-refractivity contribution in [2.24, 2.45) is 0 Å². The molecule has 1 aliphatic heterocycles. The van der Waals surface area contributed by atoms with Crippen LogP contribution in [0.4, 0.5) is 11.4 Å². The van der Waals surface area contributed by atoms with Crippen LogP contribution in [0.25, 0.3) is 0 Å². The number of benzene rings is 2. The molecule has 2 N–H and O–H groups in total. The van der Waals surface area contributed by atoms with Crippen LogP contribution in [0.3, 0.4) is 0 Å². The van der Waals surface area contributed by atoms with E-state index in [1.807, 2.05) is 6.92 Å². The number of carbonyl (C=O) groups excluding carboxylic acids is 3. The normalized spacial score (nSPS) is 12.9. The number of nitrogens with zero attached hydrogens (tertiary/aromatic N) is 1. The van der Waals surface area contributed by atoms with Crippen molar-refractivity contribution >= 4 is 45.0 Å². The Bertz CT molecular complexity index is 929. The van der Waals surface area contributed by atoms with Gasteiger partial charge in [-0.05, 0) is 42.8 Å². The van der Waals surface area contributed by atoms with Gasteiger partial charge in [0.25, 0.3) is 11.8 Å². The average molecular weight is 432 g/mol. The number of aryl methyl sites for hydroxylation is 1. The third-order valence-corrected chi connectivity index (χ3v) is 4.66. The Hall–Kier alpha value is -2.87. The summed E-state index contributed by atoms with van der Waals surface area (Å²) < 4.78 is 6.24. The number of carbonyl (C=O) groups is 3. The van der Waals surface area contributed by atoms with Crippen molar-refractivity contribution in [2.45, 2.75) is 6.92 Å². The molecular weight excluding hydrogens is 414 g/mol. The maximum absolute atomic E-state index is 12.6. The number of halogens is 1. The number of hydrogen-bond acceptors (Lipinski definition) is 4. The van der Waals surface area contributed by atoms with Gasteiger partial charge in [-0.3, -0.25) is 19.3 Å². The molecule has 0 saturated heterocycles. The molecule has 0 atom stereocenters. The fraction of sp³-hybridized carbons (Fsp3) is 0.211. The van der Waals surface area contributed by atoms with Crippen LogP contribution in [-0.2, 0) is 9.59 Å². The van der Waals surface area contributed by atoms with Gasteiger partial charge in [-0.15, -0.1) is 0 Å². The van der Waals surface area contributed by atoms with Crippen molar-refractivity contribution in [1.29, 1.82) is 0 Å². The van der Waals surface area contributed by atoms with E-state index < -0.39 is 0 Å². The van der Waals surface area contributed by atoms with E-state index in [1.54, 1.807) is 43.4 Å². The smallest absolute Gasteiger partial charge is 0.265 e. The summed E-state index contributed by atoms with van der Waals surface area (Å²) in [5, 5.41) is 5.32. The van der Waals surface area contributed by atoms with Crippen LogP contribution >= 0.6 is 15.9 Å². The standard InChI is InChI=1S/C19H18BrN3O4/c1-11-3-4-12(19(26)21-2)7-14(11)22-17(24)9-23-15-6-5-13(20)8-16(15)27-10-18(23)25/h3-8H,9-10H2,1-2H3,(H,21,26)(H,22,24). The Balaban J connectivity index is 1.79. The van der Waals surface area contributed by atoms with Crippen LogP contribution in [-0.4, -0.2) is 37.9 Å². The molecule has 0 radical (unpaired) electrons. The van der Waals surface area contributed by atoms with Crippen LogP contribution in [0.5, 0.6) is 5.75 Å². The highest BCUT2D eigenvalue weighted by Crippen LogP contribution is 2.34. The first-order chi connectivity index (χ1) is 12.9. The maximum atomic E-state index is 12.6. The average Bonchev–Trinajstić information content (AvgIpc) is 2.65. The monoisotopic (exact) mass is 431 g/mol. The van der Waals surface area contributed by atoms with Gasteiger partial charge in [0, 0.05) is 22.8 Å². The Morgan fingerprint density at radius 3 is 2.74 bits per heavy atom. The van der Waals surface area contributed by atoms with E-state index in [4.69, 9.17) is 4.74 Å². The zero-order chi connectivity index (χ0) is 19.6. The molecule has 3 rings (SSSR count). The molecule has 2 aromatic carbocycles. The van der Waals surface area contributed by atoms with E-state index in [1.165, 1.54) is 4.90 Å². The van der Waals surface area contributed by atoms with Gasteiger partial charge in [-0.25, -0.2) is 0 Å². The minimum atomic E-state index is -0.365. The topological polar surface area (TPSA) is 87.7 Å². The minimum Gasteiger partial charge on any atom is -0.482 e. The molecule has 7 nitrogen and oxygen atoms in total. The van der Waals surface area contributed by atoms with Gasteiger partial charge < -0.3 is 15.4 Å². The predicted octanol–water partition coefficient (Wildman–Crippen LogP) is 2.48. The molecule has 140 valence electrons. The number of nitrogens with one attached hydrogen (secondary N) is 2. The zero-order valence-corrected chi connectivity index (χ0v) is 16.4. The van der Waals surface area contributed by atoms with Crippen molar-refractivity contribution in [3.8, 4) is 5.75 Å². The van der Waals surface area contributed by atoms with Gasteiger partial charge in [0.1, 0.15) is 12.3 Å². The first-order valence-corrected chi connectivity index (χ1v) is 9.03. The highest BCUT2D eigenvalue weighted by Gasteiger charge is 2.27. The van der Waals surface area contributed by atoms with Gasteiger partial charge in [0.05, 0.1) is 5.69 Å². The molecule has 0 aliphatic carbocycles. The SMILES string of the molecule is CNC(=O)c1ccc(C)c(NC(=O)CN2C(=O)COc3cc(Br)ccc32)c1. The highest BCUT2D eigenvalue weighted by molar-refractivity contribution is 9.10. The lowest BCUT2D eigenvalue weighted by molar-refractivity contribution is -0.123. The second-order valence-corrected chi connectivity index (χ2v) is 6.95. The van der Waals surface area contributed by atoms with Crippen LogP contribution in [0.1, 0.15) is 15.9 Å². The summed E-state index contributed by atoms with van der Waals surface area (Å²) in [6, 6.07) is 10.3. The summed E-state index contributed by atoms with van der Waals surface area (Å²) >= 11 is 3.36. The lowest BCUT2D eigenvalue weighted by Crippen LogP contribution is -2.43. The predicted molar refractivity (Wildman–Crippen MR) is 105 cm³/mol. The van der Waals surface area contributed by atoms with Crippen LogP contribution in [0.2, 0.25) is 0 Å². The highest BCUT2D eigenvalue weighted by atomic mass is 79.9. The molecule has 2 aromatic rings. The summed E-state index contributed by atoms with van der Waals surface area (Å²) in [5.41, 5.74) is 2.32. The molecule has 8 heteroatoms. The van der Waals surface area contributed by atoms with Crippen LogP contribution < -0.4 is 20.3 Å². The second kappa shape index (κ2) is 7.79. The van der Waals surface area contributed by atoms with E-state index >= 15 is 0 Å². The molecule has 0 unspecified atom stereocenters. The first-order valence-electron chi connectivity index (χ1n) is 8.24. The molecule has 0 spiro atoms. The quantitative estimate of drug-likeness (QED) is 0.778. The molecule has 0 aromatic heterocycles. The van der Waals surface area contributed by atoms with Gasteiger partial charge in [0.15, 0.2) is 6.61 Å². The number of rotatable bonds is 4. The second-order valence-electron chi connectivity index (χ2n) is 6.04. The summed E-state index contributed by atoms with van der Waals surface area (Å²) in [4.78, 5) is 38.0. The van der Waals surface area contributed by atoms with E-state index in [-0.39, 0.29) is 30.9 Å². The molecule has 0 fully saturated rings. The largest absolute Gasteiger partial charge is 0.482 e. The summed E-state index contributed by atoms with van der Waals surface area (Å²) in [7, 11) is 1.54. The van der Waals surface area contributed by atoms with E-state index in [0.717, 1.165) is 10.0 Å². The van der Waals surface area contributed by atoms with Crippen molar-refractivity contribution in [2.75, 3.05) is 30.4 Å². The number of hydrogen-bond donors (Lipinski definition) is 2. The minimum absolute atomic E-state index is 0.123. The van der Waals surface area contributed by atoms with Crippen LogP contribution in [0.15, 0.2) is 40.9 Å². The lowest BCUT2D eigenvalue weighted by atomic mass is 10.1. The molecule has 0 bridgehead atoms.